The van der Waals surface area contributed by atoms with Crippen LogP contribution in [-0.2, 0) is 10.0 Å². The van der Waals surface area contributed by atoms with Crippen LogP contribution in [0.4, 0.5) is 10.1 Å². The monoisotopic (exact) mass is 310 g/mol. The first kappa shape index (κ1) is 16.2. The fraction of sp³-hybridized carbons (Fsp3) is 0.455. The molecule has 108 valence electrons. The number of aliphatic hydroxyl groups is 1. The third-order valence-electron chi connectivity index (χ3n) is 2.63. The van der Waals surface area contributed by atoms with Crippen LogP contribution in [0, 0.1) is 11.7 Å². The molecular formula is C11H16ClFN2O3S. The molecule has 0 spiro atoms. The Morgan fingerprint density at radius 1 is 1.47 bits per heavy atom. The maximum absolute atomic E-state index is 13.8. The van der Waals surface area contributed by atoms with Crippen LogP contribution in [0.5, 0.6) is 0 Å². The van der Waals surface area contributed by atoms with Crippen LogP contribution in [0.15, 0.2) is 17.0 Å². The molecule has 1 aromatic carbocycles. The predicted octanol–water partition coefficient (Wildman–Crippen LogP) is 1.36. The fourth-order valence-corrected chi connectivity index (χ4v) is 3.23. The minimum Gasteiger partial charge on any atom is -0.396 e. The molecule has 0 radical (unpaired) electrons. The number of nitrogens with one attached hydrogen (secondary N) is 1. The minimum absolute atomic E-state index is 0.0179. The van der Waals surface area contributed by atoms with E-state index in [1.165, 1.54) is 0 Å². The van der Waals surface area contributed by atoms with E-state index < -0.39 is 33.4 Å². The zero-order chi connectivity index (χ0) is 14.8. The van der Waals surface area contributed by atoms with E-state index in [0.29, 0.717) is 0 Å². The van der Waals surface area contributed by atoms with Gasteiger partial charge in [-0.3, -0.25) is 0 Å². The molecule has 1 rings (SSSR count). The second-order valence-corrected chi connectivity index (χ2v) is 6.58. The highest BCUT2D eigenvalue weighted by Crippen LogP contribution is 2.25. The van der Waals surface area contributed by atoms with Gasteiger partial charge in [0.1, 0.15) is 4.90 Å². The van der Waals surface area contributed by atoms with Crippen molar-refractivity contribution in [2.24, 2.45) is 5.92 Å². The van der Waals surface area contributed by atoms with Crippen molar-refractivity contribution in [3.05, 3.63) is 23.0 Å². The lowest BCUT2D eigenvalue weighted by Crippen LogP contribution is -2.41. The molecule has 0 bridgehead atoms. The maximum Gasteiger partial charge on any atom is 0.243 e. The first-order chi connectivity index (χ1) is 8.69. The van der Waals surface area contributed by atoms with E-state index in [1.807, 2.05) is 0 Å². The van der Waals surface area contributed by atoms with Crippen LogP contribution in [0.25, 0.3) is 0 Å². The maximum atomic E-state index is 13.8. The van der Waals surface area contributed by atoms with E-state index in [4.69, 9.17) is 22.4 Å². The largest absolute Gasteiger partial charge is 0.396 e. The van der Waals surface area contributed by atoms with Crippen molar-refractivity contribution in [1.82, 2.24) is 4.72 Å². The summed E-state index contributed by atoms with van der Waals surface area (Å²) in [6.07, 6.45) is 0. The Hall–Kier alpha value is -0.890. The minimum atomic E-state index is -4.14. The lowest BCUT2D eigenvalue weighted by Gasteiger charge is -2.20. The number of nitrogens with two attached hydrogens (primary N) is 1. The molecule has 0 amide bonds. The van der Waals surface area contributed by atoms with Crippen LogP contribution in [0.1, 0.15) is 13.8 Å². The number of hydrogen-bond donors (Lipinski definition) is 3. The third-order valence-corrected chi connectivity index (χ3v) is 4.34. The SMILES string of the molecule is CC(C)[C@@H](CO)NS(=O)(=O)c1cc(Cl)cc(N)c1F. The molecule has 0 aliphatic carbocycles. The average Bonchev–Trinajstić information content (AvgIpc) is 2.30. The van der Waals surface area contributed by atoms with Gasteiger partial charge in [0.15, 0.2) is 5.82 Å². The van der Waals surface area contributed by atoms with Crippen molar-refractivity contribution in [1.29, 1.82) is 0 Å². The lowest BCUT2D eigenvalue weighted by molar-refractivity contribution is 0.227. The molecule has 0 aliphatic heterocycles. The van der Waals surface area contributed by atoms with E-state index in [2.05, 4.69) is 4.72 Å². The van der Waals surface area contributed by atoms with E-state index in [1.54, 1.807) is 13.8 Å². The number of nitrogen functional groups attached to an aromatic ring is 1. The Morgan fingerprint density at radius 3 is 2.53 bits per heavy atom. The molecule has 0 fully saturated rings. The first-order valence-corrected chi connectivity index (χ1v) is 7.43. The van der Waals surface area contributed by atoms with Gasteiger partial charge in [0.2, 0.25) is 10.0 Å². The molecule has 19 heavy (non-hydrogen) atoms. The summed E-state index contributed by atoms with van der Waals surface area (Å²) in [5.41, 5.74) is 4.99. The van der Waals surface area contributed by atoms with Crippen molar-refractivity contribution in [3.63, 3.8) is 0 Å². The lowest BCUT2D eigenvalue weighted by atomic mass is 10.1. The molecule has 0 heterocycles. The van der Waals surface area contributed by atoms with Gasteiger partial charge < -0.3 is 10.8 Å². The van der Waals surface area contributed by atoms with Gasteiger partial charge in [-0.15, -0.1) is 0 Å². The van der Waals surface area contributed by atoms with E-state index in [-0.39, 0.29) is 16.6 Å². The van der Waals surface area contributed by atoms with E-state index in [0.717, 1.165) is 12.1 Å². The topological polar surface area (TPSA) is 92.4 Å². The molecule has 0 aromatic heterocycles. The third kappa shape index (κ3) is 3.79. The van der Waals surface area contributed by atoms with Crippen molar-refractivity contribution >= 4 is 27.3 Å². The molecule has 0 unspecified atom stereocenters. The quantitative estimate of drug-likeness (QED) is 0.716. The number of halogens is 2. The molecule has 5 nitrogen and oxygen atoms in total. The molecule has 1 atom stereocenters. The van der Waals surface area contributed by atoms with Crippen molar-refractivity contribution in [2.45, 2.75) is 24.8 Å². The zero-order valence-electron chi connectivity index (χ0n) is 10.5. The van der Waals surface area contributed by atoms with Crippen LogP contribution < -0.4 is 10.5 Å². The van der Waals surface area contributed by atoms with Crippen molar-refractivity contribution in [2.75, 3.05) is 12.3 Å². The van der Waals surface area contributed by atoms with Crippen LogP contribution in [-0.4, -0.2) is 26.2 Å². The van der Waals surface area contributed by atoms with Gasteiger partial charge in [-0.05, 0) is 18.1 Å². The summed E-state index contributed by atoms with van der Waals surface area (Å²) in [7, 11) is -4.14. The Bertz CT molecular complexity index is 563. The molecule has 8 heteroatoms. The molecule has 0 saturated carbocycles. The summed E-state index contributed by atoms with van der Waals surface area (Å²) < 4.78 is 40.1. The van der Waals surface area contributed by atoms with Gasteiger partial charge in [0.25, 0.3) is 0 Å². The van der Waals surface area contributed by atoms with Crippen molar-refractivity contribution in [3.8, 4) is 0 Å². The predicted molar refractivity (Wildman–Crippen MR) is 71.9 cm³/mol. The van der Waals surface area contributed by atoms with Gasteiger partial charge >= 0.3 is 0 Å². The summed E-state index contributed by atoms with van der Waals surface area (Å²) in [5, 5.41) is 9.13. The van der Waals surface area contributed by atoms with E-state index >= 15 is 0 Å². The molecule has 4 N–H and O–H groups in total. The van der Waals surface area contributed by atoms with E-state index in [9.17, 15) is 12.8 Å². The highest BCUT2D eigenvalue weighted by molar-refractivity contribution is 7.89. The van der Waals surface area contributed by atoms with Crippen LogP contribution in [0.3, 0.4) is 0 Å². The van der Waals surface area contributed by atoms with Gasteiger partial charge in [0.05, 0.1) is 12.3 Å². The van der Waals surface area contributed by atoms with Crippen LogP contribution >= 0.6 is 11.6 Å². The number of aliphatic hydroxyl groups excluding tert-OH is 1. The standard InChI is InChI=1S/C11H16ClFN2O3S/c1-6(2)9(5-16)15-19(17,18)10-4-7(12)3-8(14)11(10)13/h3-4,6,9,15-16H,5,14H2,1-2H3/t9-/m1/s1. The number of sulfonamides is 1. The van der Waals surface area contributed by atoms with Gasteiger partial charge in [-0.25, -0.2) is 17.5 Å². The number of anilines is 1. The smallest absolute Gasteiger partial charge is 0.243 e. The van der Waals surface area contributed by atoms with Gasteiger partial charge in [0, 0.05) is 11.1 Å². The zero-order valence-corrected chi connectivity index (χ0v) is 12.1. The second-order valence-electron chi connectivity index (χ2n) is 4.46. The second kappa shape index (κ2) is 6.04. The highest BCUT2D eigenvalue weighted by Gasteiger charge is 2.26. The molecular weight excluding hydrogens is 295 g/mol. The fourth-order valence-electron chi connectivity index (χ4n) is 1.43. The molecule has 0 aliphatic rings. The Balaban J connectivity index is 3.21. The molecule has 0 saturated heterocycles. The Morgan fingerprint density at radius 2 is 2.05 bits per heavy atom. The average molecular weight is 311 g/mol. The summed E-state index contributed by atoms with van der Waals surface area (Å²) in [6.45, 7) is 3.06. The van der Waals surface area contributed by atoms with Gasteiger partial charge in [-0.1, -0.05) is 25.4 Å². The Labute approximate surface area is 116 Å². The number of hydrogen-bond acceptors (Lipinski definition) is 4. The van der Waals surface area contributed by atoms with Crippen molar-refractivity contribution < 1.29 is 17.9 Å². The normalized spacial score (nSPS) is 13.8. The molecule has 1 aromatic rings. The first-order valence-electron chi connectivity index (χ1n) is 5.56. The summed E-state index contributed by atoms with van der Waals surface area (Å²) in [5.74, 6) is -1.21. The number of rotatable bonds is 5. The Kier molecular flexibility index (Phi) is 5.14. The number of benzene rings is 1. The highest BCUT2D eigenvalue weighted by atomic mass is 35.5. The van der Waals surface area contributed by atoms with Gasteiger partial charge in [-0.2, -0.15) is 0 Å². The summed E-state index contributed by atoms with van der Waals surface area (Å²) in [6, 6.07) is 1.39. The summed E-state index contributed by atoms with van der Waals surface area (Å²) >= 11 is 5.67. The summed E-state index contributed by atoms with van der Waals surface area (Å²) in [4.78, 5) is -0.628. The van der Waals surface area contributed by atoms with Crippen LogP contribution in [0.2, 0.25) is 5.02 Å².